The van der Waals surface area contributed by atoms with Gasteiger partial charge in [-0.05, 0) is 18.1 Å². The average molecular weight is 251 g/mol. The zero-order valence-corrected chi connectivity index (χ0v) is 11.7. The Morgan fingerprint density at radius 2 is 1.89 bits per heavy atom. The fourth-order valence-corrected chi connectivity index (χ4v) is 1.67. The van der Waals surface area contributed by atoms with Crippen molar-refractivity contribution in [2.24, 2.45) is 0 Å². The van der Waals surface area contributed by atoms with E-state index in [9.17, 15) is 0 Å². The van der Waals surface area contributed by atoms with Gasteiger partial charge in [-0.3, -0.25) is 0 Å². The number of hydrogen-bond acceptors (Lipinski definition) is 3. The van der Waals surface area contributed by atoms with Crippen molar-refractivity contribution in [3.8, 4) is 5.75 Å². The summed E-state index contributed by atoms with van der Waals surface area (Å²) in [5.74, 6) is 0.976. The molecule has 102 valence electrons. The molecule has 1 aromatic carbocycles. The Hall–Kier alpha value is -1.06. The van der Waals surface area contributed by atoms with Crippen molar-refractivity contribution in [1.29, 1.82) is 0 Å². The summed E-state index contributed by atoms with van der Waals surface area (Å²) >= 11 is 0. The van der Waals surface area contributed by atoms with Crippen LogP contribution in [0.4, 0.5) is 0 Å². The molecular formula is C15H25NO2. The summed E-state index contributed by atoms with van der Waals surface area (Å²) in [4.78, 5) is 0. The van der Waals surface area contributed by atoms with E-state index in [0.717, 1.165) is 25.3 Å². The Balaban J connectivity index is 2.10. The first kappa shape index (κ1) is 15.0. The van der Waals surface area contributed by atoms with Gasteiger partial charge in [0.25, 0.3) is 0 Å². The fourth-order valence-electron chi connectivity index (χ4n) is 1.67. The van der Waals surface area contributed by atoms with Gasteiger partial charge in [-0.15, -0.1) is 0 Å². The van der Waals surface area contributed by atoms with Crippen LogP contribution in [0.15, 0.2) is 24.3 Å². The number of para-hydroxylation sites is 1. The van der Waals surface area contributed by atoms with Crippen LogP contribution in [0.1, 0.15) is 26.3 Å². The molecule has 0 bridgehead atoms. The summed E-state index contributed by atoms with van der Waals surface area (Å²) in [5, 5.41) is 3.31. The minimum Gasteiger partial charge on any atom is -0.491 e. The van der Waals surface area contributed by atoms with E-state index in [-0.39, 0.29) is 0 Å². The second-order valence-electron chi connectivity index (χ2n) is 4.53. The third-order valence-electron chi connectivity index (χ3n) is 2.64. The molecule has 0 saturated heterocycles. The van der Waals surface area contributed by atoms with Crippen LogP contribution in [0, 0.1) is 0 Å². The Kier molecular flexibility index (Phi) is 7.46. The lowest BCUT2D eigenvalue weighted by atomic mass is 10.1. The molecule has 0 amide bonds. The molecule has 1 rings (SSSR count). The Morgan fingerprint density at radius 3 is 2.61 bits per heavy atom. The molecule has 0 aliphatic carbocycles. The van der Waals surface area contributed by atoms with Crippen LogP contribution >= 0.6 is 0 Å². The van der Waals surface area contributed by atoms with Gasteiger partial charge >= 0.3 is 0 Å². The van der Waals surface area contributed by atoms with Gasteiger partial charge in [-0.25, -0.2) is 0 Å². The molecule has 3 heteroatoms. The predicted molar refractivity (Wildman–Crippen MR) is 75.3 cm³/mol. The molecule has 0 saturated carbocycles. The molecule has 0 spiro atoms. The molecule has 18 heavy (non-hydrogen) atoms. The van der Waals surface area contributed by atoms with E-state index in [1.807, 2.05) is 18.2 Å². The Morgan fingerprint density at radius 1 is 1.11 bits per heavy atom. The van der Waals surface area contributed by atoms with Gasteiger partial charge in [0, 0.05) is 12.6 Å². The first-order valence-electron chi connectivity index (χ1n) is 6.76. The number of aryl methyl sites for hydroxylation is 1. The molecule has 0 atom stereocenters. The monoisotopic (exact) mass is 251 g/mol. The lowest BCUT2D eigenvalue weighted by molar-refractivity contribution is 0.100. The van der Waals surface area contributed by atoms with Gasteiger partial charge < -0.3 is 14.8 Å². The van der Waals surface area contributed by atoms with Gasteiger partial charge in [0.15, 0.2) is 0 Å². The molecule has 0 fully saturated rings. The predicted octanol–water partition coefficient (Wildman–Crippen LogP) is 2.64. The summed E-state index contributed by atoms with van der Waals surface area (Å²) in [6, 6.07) is 8.67. The van der Waals surface area contributed by atoms with Crippen LogP contribution in [-0.4, -0.2) is 32.4 Å². The topological polar surface area (TPSA) is 30.5 Å². The van der Waals surface area contributed by atoms with Crippen LogP contribution in [0.2, 0.25) is 0 Å². The quantitative estimate of drug-likeness (QED) is 0.684. The highest BCUT2D eigenvalue weighted by Gasteiger charge is 2.00. The smallest absolute Gasteiger partial charge is 0.122 e. The van der Waals surface area contributed by atoms with Gasteiger partial charge in [-0.1, -0.05) is 39.0 Å². The van der Waals surface area contributed by atoms with E-state index in [2.05, 4.69) is 32.2 Å². The van der Waals surface area contributed by atoms with Crippen molar-refractivity contribution >= 4 is 0 Å². The number of benzene rings is 1. The second-order valence-corrected chi connectivity index (χ2v) is 4.53. The van der Waals surface area contributed by atoms with E-state index < -0.39 is 0 Å². The molecule has 0 aliphatic rings. The van der Waals surface area contributed by atoms with E-state index in [1.54, 1.807) is 0 Å². The van der Waals surface area contributed by atoms with Crippen LogP contribution < -0.4 is 10.1 Å². The fraction of sp³-hybridized carbons (Fsp3) is 0.600. The zero-order valence-electron chi connectivity index (χ0n) is 11.7. The zero-order chi connectivity index (χ0) is 13.2. The molecule has 0 radical (unpaired) electrons. The molecule has 0 aliphatic heterocycles. The third-order valence-corrected chi connectivity index (χ3v) is 2.64. The van der Waals surface area contributed by atoms with Crippen LogP contribution in [0.5, 0.6) is 5.75 Å². The second kappa shape index (κ2) is 8.95. The molecule has 1 N–H and O–H groups in total. The van der Waals surface area contributed by atoms with Gasteiger partial charge in [0.2, 0.25) is 0 Å². The maximum atomic E-state index is 5.71. The first-order valence-corrected chi connectivity index (χ1v) is 6.76. The summed E-state index contributed by atoms with van der Waals surface area (Å²) in [6.45, 7) is 9.27. The Bertz CT molecular complexity index is 326. The number of hydrogen-bond donors (Lipinski definition) is 1. The molecule has 0 aromatic heterocycles. The van der Waals surface area contributed by atoms with Crippen molar-refractivity contribution in [2.75, 3.05) is 26.4 Å². The van der Waals surface area contributed by atoms with Crippen molar-refractivity contribution in [3.05, 3.63) is 29.8 Å². The Labute approximate surface area is 110 Å². The molecule has 1 aromatic rings. The van der Waals surface area contributed by atoms with Gasteiger partial charge in [-0.2, -0.15) is 0 Å². The maximum Gasteiger partial charge on any atom is 0.122 e. The minimum atomic E-state index is 0.515. The number of ether oxygens (including phenoxy) is 2. The standard InChI is InChI=1S/C15H25NO2/c1-4-14-7-5-6-8-15(14)18-12-11-17-10-9-16-13(2)3/h5-8,13,16H,4,9-12H2,1-3H3. The van der Waals surface area contributed by atoms with Crippen molar-refractivity contribution in [3.63, 3.8) is 0 Å². The van der Waals surface area contributed by atoms with E-state index in [0.29, 0.717) is 19.3 Å². The van der Waals surface area contributed by atoms with E-state index >= 15 is 0 Å². The highest BCUT2D eigenvalue weighted by Crippen LogP contribution is 2.17. The molecule has 3 nitrogen and oxygen atoms in total. The van der Waals surface area contributed by atoms with Crippen molar-refractivity contribution < 1.29 is 9.47 Å². The average Bonchev–Trinajstić information content (AvgIpc) is 2.37. The number of rotatable bonds is 9. The van der Waals surface area contributed by atoms with E-state index in [4.69, 9.17) is 9.47 Å². The minimum absolute atomic E-state index is 0.515. The molecular weight excluding hydrogens is 226 g/mol. The SMILES string of the molecule is CCc1ccccc1OCCOCCNC(C)C. The van der Waals surface area contributed by atoms with Crippen molar-refractivity contribution in [2.45, 2.75) is 33.2 Å². The number of nitrogens with one attached hydrogen (secondary N) is 1. The summed E-state index contributed by atoms with van der Waals surface area (Å²) < 4.78 is 11.2. The largest absolute Gasteiger partial charge is 0.491 e. The van der Waals surface area contributed by atoms with Crippen LogP contribution in [0.25, 0.3) is 0 Å². The molecule has 0 unspecified atom stereocenters. The summed E-state index contributed by atoms with van der Waals surface area (Å²) in [5.41, 5.74) is 1.25. The highest BCUT2D eigenvalue weighted by molar-refractivity contribution is 5.33. The lowest BCUT2D eigenvalue weighted by Crippen LogP contribution is -2.27. The van der Waals surface area contributed by atoms with Gasteiger partial charge in [0.1, 0.15) is 12.4 Å². The van der Waals surface area contributed by atoms with Crippen LogP contribution in [-0.2, 0) is 11.2 Å². The normalized spacial score (nSPS) is 10.9. The van der Waals surface area contributed by atoms with Crippen LogP contribution in [0.3, 0.4) is 0 Å². The third kappa shape index (κ3) is 6.03. The summed E-state index contributed by atoms with van der Waals surface area (Å²) in [6.07, 6.45) is 0.995. The summed E-state index contributed by atoms with van der Waals surface area (Å²) in [7, 11) is 0. The van der Waals surface area contributed by atoms with Gasteiger partial charge in [0.05, 0.1) is 13.2 Å². The first-order chi connectivity index (χ1) is 8.74. The van der Waals surface area contributed by atoms with Crippen molar-refractivity contribution in [1.82, 2.24) is 5.32 Å². The molecule has 0 heterocycles. The van der Waals surface area contributed by atoms with E-state index in [1.165, 1.54) is 5.56 Å². The maximum absolute atomic E-state index is 5.71. The highest BCUT2D eigenvalue weighted by atomic mass is 16.5. The lowest BCUT2D eigenvalue weighted by Gasteiger charge is -2.11.